The predicted molar refractivity (Wildman–Crippen MR) is 120 cm³/mol. The monoisotopic (exact) mass is 438 g/mol. The summed E-state index contributed by atoms with van der Waals surface area (Å²) in [5.74, 6) is 1.99. The van der Waals surface area contributed by atoms with E-state index in [9.17, 15) is 25.5 Å². The van der Waals surface area contributed by atoms with E-state index in [0.29, 0.717) is 36.0 Å². The van der Waals surface area contributed by atoms with E-state index in [1.165, 1.54) is 0 Å². The molecule has 180 valence electrons. The maximum Gasteiger partial charge on any atom is 0.0796 e. The fourth-order valence-electron chi connectivity index (χ4n) is 9.01. The molecule has 0 bridgehead atoms. The summed E-state index contributed by atoms with van der Waals surface area (Å²) in [6.07, 6.45) is 5.40. The molecule has 5 N–H and O–H groups in total. The maximum atomic E-state index is 11.6. The van der Waals surface area contributed by atoms with E-state index >= 15 is 0 Å². The van der Waals surface area contributed by atoms with Crippen LogP contribution in [0.15, 0.2) is 0 Å². The van der Waals surface area contributed by atoms with Crippen molar-refractivity contribution in [3.05, 3.63) is 0 Å². The summed E-state index contributed by atoms with van der Waals surface area (Å²) in [6.45, 7) is 8.51. The van der Waals surface area contributed by atoms with E-state index in [1.54, 1.807) is 6.92 Å². The molecule has 5 heteroatoms. The first kappa shape index (κ1) is 23.9. The van der Waals surface area contributed by atoms with E-state index < -0.39 is 12.2 Å². The number of rotatable bonds is 5. The molecule has 31 heavy (non-hydrogen) atoms. The van der Waals surface area contributed by atoms with E-state index in [0.717, 1.165) is 51.4 Å². The van der Waals surface area contributed by atoms with Crippen LogP contribution in [-0.4, -0.2) is 56.1 Å². The Labute approximate surface area is 188 Å². The Morgan fingerprint density at radius 3 is 2.26 bits per heavy atom. The molecular weight excluding hydrogens is 392 g/mol. The molecule has 0 aromatic rings. The van der Waals surface area contributed by atoms with Crippen LogP contribution in [-0.2, 0) is 0 Å². The zero-order valence-corrected chi connectivity index (χ0v) is 20.0. The lowest BCUT2D eigenvalue weighted by Crippen LogP contribution is -2.62. The van der Waals surface area contributed by atoms with Crippen LogP contribution in [0.4, 0.5) is 0 Å². The highest BCUT2D eigenvalue weighted by Gasteiger charge is 2.65. The van der Waals surface area contributed by atoms with E-state index in [4.69, 9.17) is 0 Å². The molecule has 4 saturated carbocycles. The molecule has 5 nitrogen and oxygen atoms in total. The van der Waals surface area contributed by atoms with Crippen LogP contribution in [0, 0.1) is 46.3 Å². The van der Waals surface area contributed by atoms with Crippen LogP contribution >= 0.6 is 0 Å². The smallest absolute Gasteiger partial charge is 0.0796 e. The van der Waals surface area contributed by atoms with Gasteiger partial charge in [0.2, 0.25) is 0 Å². The van der Waals surface area contributed by atoms with Gasteiger partial charge in [-0.3, -0.25) is 0 Å². The molecule has 0 spiro atoms. The second-order valence-electron chi connectivity index (χ2n) is 12.4. The molecular formula is C26H46O5. The lowest BCUT2D eigenvalue weighted by Gasteiger charge is -2.63. The van der Waals surface area contributed by atoms with Crippen molar-refractivity contribution in [2.24, 2.45) is 46.3 Å². The summed E-state index contributed by atoms with van der Waals surface area (Å²) in [5.41, 5.74) is -0.0920. The maximum absolute atomic E-state index is 11.6. The Balaban J connectivity index is 1.55. The van der Waals surface area contributed by atoms with Gasteiger partial charge < -0.3 is 25.5 Å². The second kappa shape index (κ2) is 8.54. The van der Waals surface area contributed by atoms with Crippen molar-refractivity contribution in [1.82, 2.24) is 0 Å². The summed E-state index contributed by atoms with van der Waals surface area (Å²) in [7, 11) is 0. The van der Waals surface area contributed by atoms with Gasteiger partial charge in [0.25, 0.3) is 0 Å². The number of aliphatic hydroxyl groups excluding tert-OH is 5. The summed E-state index contributed by atoms with van der Waals surface area (Å²) in [6, 6.07) is 0. The van der Waals surface area contributed by atoms with Crippen LogP contribution in [0.25, 0.3) is 0 Å². The van der Waals surface area contributed by atoms with Crippen LogP contribution in [0.3, 0.4) is 0 Å². The third-order valence-electron chi connectivity index (χ3n) is 11.0. The molecule has 4 rings (SSSR count). The van der Waals surface area contributed by atoms with Crippen molar-refractivity contribution >= 4 is 0 Å². The van der Waals surface area contributed by atoms with Crippen LogP contribution in [0.2, 0.25) is 0 Å². The Morgan fingerprint density at radius 2 is 1.58 bits per heavy atom. The average Bonchev–Trinajstić information content (AvgIpc) is 3.06. The van der Waals surface area contributed by atoms with Gasteiger partial charge in [-0.05, 0) is 111 Å². The number of hydrogen-bond donors (Lipinski definition) is 5. The van der Waals surface area contributed by atoms with Gasteiger partial charge in [0.05, 0.1) is 30.5 Å². The van der Waals surface area contributed by atoms with Crippen molar-refractivity contribution in [3.8, 4) is 0 Å². The minimum atomic E-state index is -0.708. The summed E-state index contributed by atoms with van der Waals surface area (Å²) < 4.78 is 0. The number of aliphatic hydroxyl groups is 5. The molecule has 0 aromatic heterocycles. The van der Waals surface area contributed by atoms with Crippen molar-refractivity contribution in [2.45, 2.75) is 116 Å². The van der Waals surface area contributed by atoms with Crippen LogP contribution < -0.4 is 0 Å². The van der Waals surface area contributed by atoms with Gasteiger partial charge in [0, 0.05) is 0 Å². The highest BCUT2D eigenvalue weighted by Crippen LogP contribution is 2.68. The third kappa shape index (κ3) is 3.80. The SMILES string of the molecule is CC(O)C(O)CCC(C)C1CCC2C3C(O)CC4CC(O)CCC4(C)C3CC(O)C12C. The molecule has 4 aliphatic carbocycles. The van der Waals surface area contributed by atoms with Gasteiger partial charge in [-0.1, -0.05) is 20.8 Å². The summed E-state index contributed by atoms with van der Waals surface area (Å²) in [4.78, 5) is 0. The Bertz CT molecular complexity index is 639. The minimum absolute atomic E-state index is 0.108. The number of fused-ring (bicyclic) bond motifs is 5. The summed E-state index contributed by atoms with van der Waals surface area (Å²) >= 11 is 0. The molecule has 13 atom stereocenters. The van der Waals surface area contributed by atoms with Gasteiger partial charge in [-0.15, -0.1) is 0 Å². The standard InChI is InChI=1S/C26H46O5/c1-14(5-8-21(29)15(2)27)18-6-7-19-24-20(13-23(31)26(18,19)4)25(3)10-9-17(28)11-16(25)12-22(24)30/h14-24,27-31H,5-13H2,1-4H3. The summed E-state index contributed by atoms with van der Waals surface area (Å²) in [5, 5.41) is 52.9. The van der Waals surface area contributed by atoms with Gasteiger partial charge in [0.1, 0.15) is 0 Å². The zero-order valence-electron chi connectivity index (χ0n) is 20.0. The van der Waals surface area contributed by atoms with E-state index in [-0.39, 0.29) is 35.1 Å². The Hall–Kier alpha value is -0.200. The average molecular weight is 439 g/mol. The first-order valence-corrected chi connectivity index (χ1v) is 12.9. The lowest BCUT2D eigenvalue weighted by atomic mass is 9.43. The van der Waals surface area contributed by atoms with Crippen LogP contribution in [0.5, 0.6) is 0 Å². The van der Waals surface area contributed by atoms with Gasteiger partial charge >= 0.3 is 0 Å². The quantitative estimate of drug-likeness (QED) is 0.454. The molecule has 0 aliphatic heterocycles. The van der Waals surface area contributed by atoms with Crippen molar-refractivity contribution in [1.29, 1.82) is 0 Å². The molecule has 0 amide bonds. The van der Waals surface area contributed by atoms with Crippen LogP contribution in [0.1, 0.15) is 85.5 Å². The van der Waals surface area contributed by atoms with Gasteiger partial charge in [-0.2, -0.15) is 0 Å². The molecule has 4 aliphatic rings. The minimum Gasteiger partial charge on any atom is -0.393 e. The fraction of sp³-hybridized carbons (Fsp3) is 1.00. The van der Waals surface area contributed by atoms with Crippen molar-refractivity contribution in [2.75, 3.05) is 0 Å². The molecule has 0 saturated heterocycles. The normalized spacial score (nSPS) is 52.5. The van der Waals surface area contributed by atoms with Gasteiger partial charge in [-0.25, -0.2) is 0 Å². The zero-order chi connectivity index (χ0) is 22.7. The van der Waals surface area contributed by atoms with Crippen molar-refractivity contribution in [3.63, 3.8) is 0 Å². The highest BCUT2D eigenvalue weighted by molar-refractivity contribution is 5.14. The largest absolute Gasteiger partial charge is 0.393 e. The fourth-order valence-corrected chi connectivity index (χ4v) is 9.01. The first-order valence-electron chi connectivity index (χ1n) is 12.9. The van der Waals surface area contributed by atoms with Crippen molar-refractivity contribution < 1.29 is 25.5 Å². The highest BCUT2D eigenvalue weighted by atomic mass is 16.3. The Kier molecular flexibility index (Phi) is 6.60. The lowest BCUT2D eigenvalue weighted by molar-refractivity contribution is -0.207. The molecule has 4 fully saturated rings. The van der Waals surface area contributed by atoms with Gasteiger partial charge in [0.15, 0.2) is 0 Å². The van der Waals surface area contributed by atoms with E-state index in [1.807, 2.05) is 0 Å². The molecule has 0 radical (unpaired) electrons. The first-order chi connectivity index (χ1) is 14.5. The second-order valence-corrected chi connectivity index (χ2v) is 12.4. The molecule has 0 aromatic carbocycles. The molecule has 13 unspecified atom stereocenters. The predicted octanol–water partition coefficient (Wildman–Crippen LogP) is 3.11. The molecule has 0 heterocycles. The Morgan fingerprint density at radius 1 is 0.871 bits per heavy atom. The third-order valence-corrected chi connectivity index (χ3v) is 11.0. The number of hydrogen-bond acceptors (Lipinski definition) is 5. The topological polar surface area (TPSA) is 101 Å². The van der Waals surface area contributed by atoms with E-state index in [2.05, 4.69) is 20.8 Å².